The van der Waals surface area contributed by atoms with Crippen LogP contribution in [-0.2, 0) is 9.47 Å². The summed E-state index contributed by atoms with van der Waals surface area (Å²) in [6.45, 7) is 3.82. The van der Waals surface area contributed by atoms with Crippen molar-refractivity contribution in [3.05, 3.63) is 83.9 Å². The monoisotopic (exact) mass is 572 g/mol. The van der Waals surface area contributed by atoms with E-state index in [0.717, 1.165) is 11.1 Å². The summed E-state index contributed by atoms with van der Waals surface area (Å²) in [6, 6.07) is 19.7. The second kappa shape index (κ2) is 12.9. The van der Waals surface area contributed by atoms with Crippen molar-refractivity contribution >= 4 is 34.7 Å². The molecule has 0 radical (unpaired) electrons. The second-order valence-electron chi connectivity index (χ2n) is 9.49. The van der Waals surface area contributed by atoms with Crippen LogP contribution in [0.25, 0.3) is 11.1 Å². The van der Waals surface area contributed by atoms with Crippen LogP contribution in [-0.4, -0.2) is 49.6 Å². The Labute approximate surface area is 243 Å². The number of hydrogen-bond acceptors (Lipinski definition) is 10. The number of carbonyl (C=O) groups is 2. The van der Waals surface area contributed by atoms with E-state index in [2.05, 4.69) is 10.6 Å². The first-order valence-corrected chi connectivity index (χ1v) is 13.0. The van der Waals surface area contributed by atoms with Crippen LogP contribution in [0.1, 0.15) is 34.6 Å². The zero-order valence-corrected chi connectivity index (χ0v) is 23.8. The van der Waals surface area contributed by atoms with E-state index >= 15 is 0 Å². The number of rotatable bonds is 10. The molecule has 4 aromatic rings. The van der Waals surface area contributed by atoms with Crippen molar-refractivity contribution in [2.45, 2.75) is 20.0 Å². The Kier molecular flexibility index (Phi) is 9.06. The molecular weight excluding hydrogens is 540 g/mol. The number of esters is 2. The molecule has 0 aliphatic rings. The topological polar surface area (TPSA) is 136 Å². The summed E-state index contributed by atoms with van der Waals surface area (Å²) in [4.78, 5) is 23.9. The summed E-state index contributed by atoms with van der Waals surface area (Å²) in [7, 11) is 4.13. The lowest BCUT2D eigenvalue weighted by Gasteiger charge is -2.19. The average Bonchev–Trinajstić information content (AvgIpc) is 2.98. The van der Waals surface area contributed by atoms with Crippen molar-refractivity contribution in [3.8, 4) is 34.1 Å². The van der Waals surface area contributed by atoms with Crippen LogP contribution in [0.2, 0.25) is 0 Å². The molecule has 0 bridgehead atoms. The lowest BCUT2D eigenvalue weighted by Crippen LogP contribution is -2.07. The first-order chi connectivity index (χ1) is 20.1. The van der Waals surface area contributed by atoms with E-state index in [-0.39, 0.29) is 28.7 Å². The third-order valence-electron chi connectivity index (χ3n) is 6.23. The molecule has 10 heteroatoms. The second-order valence-corrected chi connectivity index (χ2v) is 9.49. The summed E-state index contributed by atoms with van der Waals surface area (Å²) in [5.74, 6) is -0.0282. The smallest absolute Gasteiger partial charge is 0.337 e. The zero-order valence-electron chi connectivity index (χ0n) is 23.8. The molecule has 0 spiro atoms. The summed E-state index contributed by atoms with van der Waals surface area (Å²) < 4.78 is 21.4. The maximum Gasteiger partial charge on any atom is 0.337 e. The fourth-order valence-corrected chi connectivity index (χ4v) is 4.24. The molecule has 4 aromatic carbocycles. The van der Waals surface area contributed by atoms with Gasteiger partial charge in [0.15, 0.2) is 0 Å². The number of ether oxygens (including phenoxy) is 4. The highest BCUT2D eigenvalue weighted by Crippen LogP contribution is 2.41. The molecule has 218 valence electrons. The van der Waals surface area contributed by atoms with Gasteiger partial charge in [0.2, 0.25) is 0 Å². The number of methoxy groups -OCH3 is 3. The first-order valence-electron chi connectivity index (χ1n) is 13.0. The van der Waals surface area contributed by atoms with Gasteiger partial charge in [0.1, 0.15) is 23.0 Å². The maximum atomic E-state index is 12.0. The Morgan fingerprint density at radius 1 is 0.643 bits per heavy atom. The van der Waals surface area contributed by atoms with E-state index in [1.807, 2.05) is 38.1 Å². The molecule has 42 heavy (non-hydrogen) atoms. The maximum absolute atomic E-state index is 12.0. The number of phenols is 2. The van der Waals surface area contributed by atoms with E-state index in [4.69, 9.17) is 18.9 Å². The van der Waals surface area contributed by atoms with Crippen LogP contribution in [0.4, 0.5) is 22.7 Å². The van der Waals surface area contributed by atoms with Gasteiger partial charge in [-0.05, 0) is 74.5 Å². The van der Waals surface area contributed by atoms with Gasteiger partial charge in [-0.2, -0.15) is 0 Å². The summed E-state index contributed by atoms with van der Waals surface area (Å²) >= 11 is 0. The van der Waals surface area contributed by atoms with Gasteiger partial charge in [-0.15, -0.1) is 0 Å². The molecular formula is C32H32N2O8. The normalized spacial score (nSPS) is 10.6. The van der Waals surface area contributed by atoms with Gasteiger partial charge in [0, 0.05) is 34.6 Å². The highest BCUT2D eigenvalue weighted by atomic mass is 16.5. The molecule has 0 unspecified atom stereocenters. The van der Waals surface area contributed by atoms with E-state index in [0.29, 0.717) is 34.2 Å². The van der Waals surface area contributed by atoms with E-state index < -0.39 is 11.9 Å². The molecule has 0 saturated carbocycles. The van der Waals surface area contributed by atoms with Gasteiger partial charge in [-0.1, -0.05) is 0 Å². The molecule has 4 rings (SSSR count). The van der Waals surface area contributed by atoms with E-state index in [1.54, 1.807) is 19.2 Å². The van der Waals surface area contributed by atoms with Crippen LogP contribution in [0.5, 0.6) is 23.0 Å². The minimum Gasteiger partial charge on any atom is -0.506 e. The summed E-state index contributed by atoms with van der Waals surface area (Å²) in [6.07, 6.45) is -0.146. The third-order valence-corrected chi connectivity index (χ3v) is 6.23. The lowest BCUT2D eigenvalue weighted by molar-refractivity contribution is 0.0592. The van der Waals surface area contributed by atoms with Crippen LogP contribution < -0.4 is 20.1 Å². The highest BCUT2D eigenvalue weighted by molar-refractivity contribution is 5.92. The molecule has 0 saturated heterocycles. The predicted molar refractivity (Wildman–Crippen MR) is 160 cm³/mol. The van der Waals surface area contributed by atoms with Gasteiger partial charge in [0.25, 0.3) is 0 Å². The number of phenolic OH excluding ortho intramolecular Hbond substituents is 2. The Balaban J connectivity index is 1.68. The number of hydrogen-bond donors (Lipinski definition) is 4. The predicted octanol–water partition coefficient (Wildman–Crippen LogP) is 6.62. The molecule has 0 amide bonds. The van der Waals surface area contributed by atoms with Gasteiger partial charge in [-0.3, -0.25) is 0 Å². The van der Waals surface area contributed by atoms with Crippen molar-refractivity contribution in [1.82, 2.24) is 0 Å². The molecule has 0 aliphatic heterocycles. The fraction of sp³-hybridized carbons (Fsp3) is 0.188. The third kappa shape index (κ3) is 6.67. The largest absolute Gasteiger partial charge is 0.506 e. The molecule has 4 N–H and O–H groups in total. The SMILES string of the molecule is COC(=O)c1ccc(O)c(Nc2ccc(-c3ccc(Nc4cc(C(=O)OC)ccc4O)cc3OC(C)C)c(OC)c2)c1. The van der Waals surface area contributed by atoms with Crippen molar-refractivity contribution in [2.24, 2.45) is 0 Å². The molecule has 0 fully saturated rings. The van der Waals surface area contributed by atoms with Crippen molar-refractivity contribution < 1.29 is 38.7 Å². The molecule has 0 aromatic heterocycles. The average molecular weight is 573 g/mol. The van der Waals surface area contributed by atoms with E-state index in [9.17, 15) is 19.8 Å². The minimum atomic E-state index is -0.520. The molecule has 0 aliphatic carbocycles. The first kappa shape index (κ1) is 29.6. The number of aromatic hydroxyl groups is 2. The lowest BCUT2D eigenvalue weighted by atomic mass is 10.0. The zero-order chi connectivity index (χ0) is 30.4. The molecule has 0 atom stereocenters. The van der Waals surface area contributed by atoms with Crippen molar-refractivity contribution in [1.29, 1.82) is 0 Å². The Morgan fingerprint density at radius 3 is 1.52 bits per heavy atom. The van der Waals surface area contributed by atoms with Crippen LogP contribution in [0.15, 0.2) is 72.8 Å². The van der Waals surface area contributed by atoms with Crippen molar-refractivity contribution in [3.63, 3.8) is 0 Å². The number of nitrogens with one attached hydrogen (secondary N) is 2. The molecule has 10 nitrogen and oxygen atoms in total. The Morgan fingerprint density at radius 2 is 1.10 bits per heavy atom. The standard InChI is InChI=1S/C32H32N2O8/c1-18(2)42-30-17-22(34-26-15-20(32(38)41-5)7-13-28(26)36)9-11-24(30)23-10-8-21(16-29(23)39-3)33-25-14-19(31(37)40-4)6-12-27(25)35/h6-18,33-36H,1-5H3. The minimum absolute atomic E-state index is 0.0361. The van der Waals surface area contributed by atoms with Crippen molar-refractivity contribution in [2.75, 3.05) is 32.0 Å². The Bertz CT molecular complexity index is 1620. The summed E-state index contributed by atoms with van der Waals surface area (Å²) in [5.41, 5.74) is 3.95. The van der Waals surface area contributed by atoms with Gasteiger partial charge >= 0.3 is 11.9 Å². The van der Waals surface area contributed by atoms with E-state index in [1.165, 1.54) is 50.6 Å². The van der Waals surface area contributed by atoms with Gasteiger partial charge in [0.05, 0.1) is 49.9 Å². The van der Waals surface area contributed by atoms with Gasteiger partial charge in [-0.25, -0.2) is 9.59 Å². The van der Waals surface area contributed by atoms with Crippen LogP contribution in [0, 0.1) is 0 Å². The quantitative estimate of drug-likeness (QED) is 0.121. The number of benzene rings is 4. The molecule has 0 heterocycles. The van der Waals surface area contributed by atoms with Crippen LogP contribution in [0.3, 0.4) is 0 Å². The number of carbonyl (C=O) groups excluding carboxylic acids is 2. The number of anilines is 4. The van der Waals surface area contributed by atoms with Gasteiger partial charge < -0.3 is 39.8 Å². The highest BCUT2D eigenvalue weighted by Gasteiger charge is 2.17. The van der Waals surface area contributed by atoms with Crippen LogP contribution >= 0.6 is 0 Å². The Hall–Kier alpha value is -5.38. The summed E-state index contributed by atoms with van der Waals surface area (Å²) in [5, 5.41) is 26.9. The fourth-order valence-electron chi connectivity index (χ4n) is 4.24.